The van der Waals surface area contributed by atoms with Crippen LogP contribution in [0.5, 0.6) is 0 Å². The van der Waals surface area contributed by atoms with Gasteiger partial charge >= 0.3 is 0 Å². The molecule has 0 aliphatic heterocycles. The Hall–Kier alpha value is -1.24. The van der Waals surface area contributed by atoms with Gasteiger partial charge in [0.1, 0.15) is 0 Å². The minimum absolute atomic E-state index is 0.683. The van der Waals surface area contributed by atoms with E-state index in [0.717, 1.165) is 12.1 Å². The normalized spacial score (nSPS) is 11.4. The molecule has 0 atom stereocenters. The van der Waals surface area contributed by atoms with E-state index in [4.69, 9.17) is 0 Å². The molecule has 0 fully saturated rings. The molecule has 14 heavy (non-hydrogen) atoms. The van der Waals surface area contributed by atoms with E-state index in [1.807, 2.05) is 19.1 Å². The van der Waals surface area contributed by atoms with E-state index in [9.17, 15) is 0 Å². The fourth-order valence-electron chi connectivity index (χ4n) is 1.65. The Labute approximate surface area is 86.5 Å². The fourth-order valence-corrected chi connectivity index (χ4v) is 1.65. The lowest BCUT2D eigenvalue weighted by molar-refractivity contribution is 0.647. The molecule has 0 aliphatic carbocycles. The molecule has 0 radical (unpaired) electrons. The summed E-state index contributed by atoms with van der Waals surface area (Å²) in [4.78, 5) is 3.27. The molecule has 0 bridgehead atoms. The molecule has 0 amide bonds. The molecule has 1 aromatic rings. The van der Waals surface area contributed by atoms with E-state index in [1.54, 1.807) is 0 Å². The fraction of sp³-hybridized carbons (Fsp3) is 0.385. The van der Waals surface area contributed by atoms with Crippen molar-refractivity contribution in [3.8, 4) is 0 Å². The lowest BCUT2D eigenvalue weighted by atomic mass is 10.0. The maximum absolute atomic E-state index is 3.86. The zero-order valence-corrected chi connectivity index (χ0v) is 9.30. The van der Waals surface area contributed by atoms with Gasteiger partial charge < -0.3 is 4.98 Å². The summed E-state index contributed by atoms with van der Waals surface area (Å²) < 4.78 is 0. The van der Waals surface area contributed by atoms with Crippen LogP contribution in [0.15, 0.2) is 18.9 Å². The second-order valence-electron chi connectivity index (χ2n) is 3.94. The Morgan fingerprint density at radius 1 is 1.50 bits per heavy atom. The van der Waals surface area contributed by atoms with Crippen molar-refractivity contribution in [2.75, 3.05) is 0 Å². The number of hydrogen-bond acceptors (Lipinski definition) is 0. The molecule has 1 N–H and O–H groups in total. The second kappa shape index (κ2) is 4.85. The Kier molecular flexibility index (Phi) is 3.75. The Morgan fingerprint density at radius 3 is 2.71 bits per heavy atom. The smallest absolute Gasteiger partial charge is 0.0453 e. The van der Waals surface area contributed by atoms with E-state index in [0.29, 0.717) is 5.92 Å². The van der Waals surface area contributed by atoms with Crippen LogP contribution in [0.25, 0.3) is 12.2 Å². The topological polar surface area (TPSA) is 15.8 Å². The van der Waals surface area contributed by atoms with E-state index in [2.05, 4.69) is 37.7 Å². The van der Waals surface area contributed by atoms with E-state index in [1.165, 1.54) is 11.1 Å². The van der Waals surface area contributed by atoms with Gasteiger partial charge in [0.15, 0.2) is 0 Å². The largest absolute Gasteiger partial charge is 0.361 e. The number of aromatic nitrogens is 1. The first-order chi connectivity index (χ1) is 6.69. The molecule has 76 valence electrons. The average Bonchev–Trinajstić information content (AvgIpc) is 2.47. The van der Waals surface area contributed by atoms with Crippen LogP contribution in [0.1, 0.15) is 37.6 Å². The van der Waals surface area contributed by atoms with Crippen LogP contribution >= 0.6 is 0 Å². The van der Waals surface area contributed by atoms with Crippen molar-refractivity contribution in [1.29, 1.82) is 0 Å². The molecule has 1 aromatic heterocycles. The number of nitrogens with one attached hydrogen (secondary N) is 1. The summed E-state index contributed by atoms with van der Waals surface area (Å²) in [6.07, 6.45) is 9.25. The van der Waals surface area contributed by atoms with Gasteiger partial charge in [-0.2, -0.15) is 0 Å². The van der Waals surface area contributed by atoms with E-state index < -0.39 is 0 Å². The molecule has 0 aliphatic rings. The van der Waals surface area contributed by atoms with Gasteiger partial charge in [-0.05, 0) is 30.9 Å². The van der Waals surface area contributed by atoms with Gasteiger partial charge in [0.25, 0.3) is 0 Å². The predicted octanol–water partition coefficient (Wildman–Crippen LogP) is 3.89. The van der Waals surface area contributed by atoms with Gasteiger partial charge in [0.05, 0.1) is 0 Å². The average molecular weight is 189 g/mol. The van der Waals surface area contributed by atoms with Crippen molar-refractivity contribution in [3.05, 3.63) is 35.7 Å². The van der Waals surface area contributed by atoms with Crippen molar-refractivity contribution >= 4 is 12.2 Å². The van der Waals surface area contributed by atoms with Crippen LogP contribution in [-0.2, 0) is 6.42 Å². The van der Waals surface area contributed by atoms with Crippen molar-refractivity contribution in [3.63, 3.8) is 0 Å². The molecule has 0 unspecified atom stereocenters. The van der Waals surface area contributed by atoms with Gasteiger partial charge in [-0.15, -0.1) is 0 Å². The number of allylic oxidation sites excluding steroid dienone is 1. The summed E-state index contributed by atoms with van der Waals surface area (Å²) in [6, 6.07) is 0. The zero-order valence-electron chi connectivity index (χ0n) is 9.30. The van der Waals surface area contributed by atoms with Crippen molar-refractivity contribution in [1.82, 2.24) is 4.98 Å². The first-order valence-electron chi connectivity index (χ1n) is 5.14. The monoisotopic (exact) mass is 189 g/mol. The molecule has 0 aromatic carbocycles. The molecule has 1 nitrogen and oxygen atoms in total. The van der Waals surface area contributed by atoms with E-state index >= 15 is 0 Å². The highest BCUT2D eigenvalue weighted by Crippen LogP contribution is 2.20. The number of hydrogen-bond donors (Lipinski definition) is 1. The van der Waals surface area contributed by atoms with Crippen LogP contribution in [0.3, 0.4) is 0 Å². The highest BCUT2D eigenvalue weighted by atomic mass is 14.7. The third-order valence-corrected chi connectivity index (χ3v) is 2.20. The first-order valence-corrected chi connectivity index (χ1v) is 5.14. The summed E-state index contributed by atoms with van der Waals surface area (Å²) in [5, 5.41) is 0. The number of rotatable bonds is 4. The Bertz CT molecular complexity index is 329. The van der Waals surface area contributed by atoms with Crippen LogP contribution in [0.4, 0.5) is 0 Å². The standard InChI is InChI=1S/C13H19N/c1-5-7-13-12(6-2)11(9-14-13)8-10(3)4/h5-7,9-10,14H,2,8H2,1,3-4H3/b7-5-. The molecular weight excluding hydrogens is 170 g/mol. The third kappa shape index (κ3) is 2.38. The highest BCUT2D eigenvalue weighted by molar-refractivity contribution is 5.64. The number of aromatic amines is 1. The summed E-state index contributed by atoms with van der Waals surface area (Å²) in [7, 11) is 0. The van der Waals surface area contributed by atoms with Crippen LogP contribution in [0, 0.1) is 5.92 Å². The predicted molar refractivity (Wildman–Crippen MR) is 64.1 cm³/mol. The molecule has 1 heterocycles. The maximum Gasteiger partial charge on any atom is 0.0453 e. The molecular formula is C13H19N. The minimum Gasteiger partial charge on any atom is -0.361 e. The lowest BCUT2D eigenvalue weighted by Gasteiger charge is -2.03. The summed E-state index contributed by atoms with van der Waals surface area (Å²) in [6.45, 7) is 10.3. The van der Waals surface area contributed by atoms with Crippen LogP contribution in [0.2, 0.25) is 0 Å². The van der Waals surface area contributed by atoms with Gasteiger partial charge in [0.2, 0.25) is 0 Å². The molecule has 0 saturated heterocycles. The van der Waals surface area contributed by atoms with Gasteiger partial charge in [-0.1, -0.05) is 32.6 Å². The summed E-state index contributed by atoms with van der Waals surface area (Å²) >= 11 is 0. The van der Waals surface area contributed by atoms with Crippen LogP contribution < -0.4 is 0 Å². The summed E-state index contributed by atoms with van der Waals surface area (Å²) in [5.41, 5.74) is 3.78. The lowest BCUT2D eigenvalue weighted by Crippen LogP contribution is -1.94. The Morgan fingerprint density at radius 2 is 2.21 bits per heavy atom. The minimum atomic E-state index is 0.683. The van der Waals surface area contributed by atoms with Gasteiger partial charge in [-0.3, -0.25) is 0 Å². The molecule has 1 heteroatoms. The van der Waals surface area contributed by atoms with Gasteiger partial charge in [-0.25, -0.2) is 0 Å². The van der Waals surface area contributed by atoms with E-state index in [-0.39, 0.29) is 0 Å². The van der Waals surface area contributed by atoms with Gasteiger partial charge in [0, 0.05) is 17.5 Å². The highest BCUT2D eigenvalue weighted by Gasteiger charge is 2.07. The second-order valence-corrected chi connectivity index (χ2v) is 3.94. The SMILES string of the molecule is C=Cc1c(CC(C)C)c[nH]c1/C=C\C. The quantitative estimate of drug-likeness (QED) is 0.739. The zero-order chi connectivity index (χ0) is 10.6. The number of H-pyrrole nitrogens is 1. The Balaban J connectivity index is 3.00. The van der Waals surface area contributed by atoms with Crippen molar-refractivity contribution < 1.29 is 0 Å². The van der Waals surface area contributed by atoms with Crippen LogP contribution in [-0.4, -0.2) is 4.98 Å². The molecule has 1 rings (SSSR count). The van der Waals surface area contributed by atoms with Crippen molar-refractivity contribution in [2.24, 2.45) is 5.92 Å². The molecule has 0 saturated carbocycles. The summed E-state index contributed by atoms with van der Waals surface area (Å²) in [5.74, 6) is 0.683. The third-order valence-electron chi connectivity index (χ3n) is 2.20. The van der Waals surface area contributed by atoms with Crippen molar-refractivity contribution in [2.45, 2.75) is 27.2 Å². The maximum atomic E-state index is 3.86. The first kappa shape index (κ1) is 10.8. The molecule has 0 spiro atoms.